The number of nitrogens with one attached hydrogen (secondary N) is 2. The van der Waals surface area contributed by atoms with E-state index in [1.54, 1.807) is 11.9 Å². The van der Waals surface area contributed by atoms with Crippen molar-refractivity contribution >= 4 is 11.9 Å². The lowest BCUT2D eigenvalue weighted by Gasteiger charge is -2.18. The zero-order chi connectivity index (χ0) is 21.1. The van der Waals surface area contributed by atoms with Gasteiger partial charge in [0.25, 0.3) is 0 Å². The van der Waals surface area contributed by atoms with E-state index in [1.165, 1.54) is 0 Å². The summed E-state index contributed by atoms with van der Waals surface area (Å²) in [5.74, 6) is 1.63. The zero-order valence-corrected chi connectivity index (χ0v) is 17.9. The lowest BCUT2D eigenvalue weighted by molar-refractivity contribution is -0.130. The fraction of sp³-hybridized carbons (Fsp3) is 0.391. The first-order chi connectivity index (χ1) is 14.0. The van der Waals surface area contributed by atoms with Crippen LogP contribution < -0.4 is 15.4 Å². The number of nitrogens with zero attached hydrogens (tertiary/aromatic N) is 2. The van der Waals surface area contributed by atoms with Crippen LogP contribution in [0.3, 0.4) is 0 Å². The van der Waals surface area contributed by atoms with Gasteiger partial charge in [-0.2, -0.15) is 0 Å². The van der Waals surface area contributed by atoms with Crippen LogP contribution in [-0.2, 0) is 17.9 Å². The third-order valence-electron chi connectivity index (χ3n) is 4.51. The highest BCUT2D eigenvalue weighted by Crippen LogP contribution is 2.20. The summed E-state index contributed by atoms with van der Waals surface area (Å²) < 4.78 is 5.72. The Hall–Kier alpha value is -3.02. The van der Waals surface area contributed by atoms with Crippen LogP contribution in [0.5, 0.6) is 5.75 Å². The Labute approximate surface area is 174 Å². The van der Waals surface area contributed by atoms with Gasteiger partial charge in [-0.05, 0) is 31.0 Å². The molecule has 0 unspecified atom stereocenters. The molecule has 29 heavy (non-hydrogen) atoms. The van der Waals surface area contributed by atoms with Crippen molar-refractivity contribution in [2.45, 2.75) is 33.4 Å². The summed E-state index contributed by atoms with van der Waals surface area (Å²) in [6.07, 6.45) is 0.402. The Balaban J connectivity index is 1.78. The summed E-state index contributed by atoms with van der Waals surface area (Å²) in [5.41, 5.74) is 3.36. The van der Waals surface area contributed by atoms with E-state index in [0.717, 1.165) is 22.4 Å². The topological polar surface area (TPSA) is 66.0 Å². The van der Waals surface area contributed by atoms with E-state index in [0.29, 0.717) is 38.6 Å². The second kappa shape index (κ2) is 11.7. The molecule has 6 heteroatoms. The summed E-state index contributed by atoms with van der Waals surface area (Å²) in [6.45, 7) is 6.38. The molecule has 0 aliphatic heterocycles. The Morgan fingerprint density at radius 1 is 1.14 bits per heavy atom. The summed E-state index contributed by atoms with van der Waals surface area (Å²) in [5, 5.41) is 6.48. The maximum absolute atomic E-state index is 12.4. The molecule has 156 valence electrons. The van der Waals surface area contributed by atoms with Gasteiger partial charge in [0.15, 0.2) is 5.96 Å². The first-order valence-corrected chi connectivity index (χ1v) is 9.98. The molecule has 0 aliphatic carbocycles. The SMILES string of the molecule is CCOc1cc(C)ccc1CNC(=NC)NCCC(=O)N(C)Cc1ccccc1. The van der Waals surface area contributed by atoms with Crippen molar-refractivity contribution in [2.24, 2.45) is 4.99 Å². The van der Waals surface area contributed by atoms with Crippen LogP contribution >= 0.6 is 0 Å². The third kappa shape index (κ3) is 7.49. The van der Waals surface area contributed by atoms with E-state index >= 15 is 0 Å². The minimum atomic E-state index is 0.0916. The van der Waals surface area contributed by atoms with Crippen LogP contribution in [0, 0.1) is 6.92 Å². The zero-order valence-electron chi connectivity index (χ0n) is 17.9. The molecular formula is C23H32N4O2. The molecule has 0 bridgehead atoms. The van der Waals surface area contributed by atoms with E-state index in [2.05, 4.69) is 27.8 Å². The molecule has 0 radical (unpaired) electrons. The fourth-order valence-corrected chi connectivity index (χ4v) is 2.92. The molecule has 0 aromatic heterocycles. The van der Waals surface area contributed by atoms with Crippen molar-refractivity contribution in [1.29, 1.82) is 0 Å². The van der Waals surface area contributed by atoms with Gasteiger partial charge >= 0.3 is 0 Å². The molecule has 6 nitrogen and oxygen atoms in total. The van der Waals surface area contributed by atoms with Gasteiger partial charge in [-0.1, -0.05) is 42.5 Å². The van der Waals surface area contributed by atoms with Crippen LogP contribution in [0.2, 0.25) is 0 Å². The highest BCUT2D eigenvalue weighted by Gasteiger charge is 2.10. The normalized spacial score (nSPS) is 11.1. The van der Waals surface area contributed by atoms with Crippen LogP contribution in [0.25, 0.3) is 0 Å². The average Bonchev–Trinajstić information content (AvgIpc) is 2.72. The number of aliphatic imine (C=N–C) groups is 1. The number of benzene rings is 2. The van der Waals surface area contributed by atoms with Crippen molar-refractivity contribution in [1.82, 2.24) is 15.5 Å². The molecule has 0 aliphatic rings. The maximum atomic E-state index is 12.4. The number of carbonyl (C=O) groups is 1. The number of ether oxygens (including phenoxy) is 1. The van der Waals surface area contributed by atoms with E-state index in [-0.39, 0.29) is 5.91 Å². The van der Waals surface area contributed by atoms with E-state index < -0.39 is 0 Å². The quantitative estimate of drug-likeness (QED) is 0.505. The first-order valence-electron chi connectivity index (χ1n) is 9.98. The second-order valence-corrected chi connectivity index (χ2v) is 6.88. The summed E-state index contributed by atoms with van der Waals surface area (Å²) in [6, 6.07) is 16.1. The Bertz CT molecular complexity index is 806. The molecule has 2 rings (SSSR count). The monoisotopic (exact) mass is 396 g/mol. The van der Waals surface area contributed by atoms with Crippen LogP contribution in [-0.4, -0.2) is 44.0 Å². The molecule has 2 aromatic carbocycles. The molecule has 1 amide bonds. The predicted octanol–water partition coefficient (Wildman–Crippen LogP) is 3.11. The molecule has 0 spiro atoms. The smallest absolute Gasteiger partial charge is 0.224 e. The molecule has 0 atom stereocenters. The van der Waals surface area contributed by atoms with Gasteiger partial charge in [0, 0.05) is 45.7 Å². The highest BCUT2D eigenvalue weighted by atomic mass is 16.5. The number of amides is 1. The van der Waals surface area contributed by atoms with Crippen LogP contribution in [0.1, 0.15) is 30.0 Å². The van der Waals surface area contributed by atoms with Gasteiger partial charge in [-0.25, -0.2) is 0 Å². The summed E-state index contributed by atoms with van der Waals surface area (Å²) in [4.78, 5) is 18.3. The number of guanidine groups is 1. The van der Waals surface area contributed by atoms with Gasteiger partial charge in [0.2, 0.25) is 5.91 Å². The van der Waals surface area contributed by atoms with Gasteiger partial charge in [-0.15, -0.1) is 0 Å². The molecular weight excluding hydrogens is 364 g/mol. The maximum Gasteiger partial charge on any atom is 0.224 e. The lowest BCUT2D eigenvalue weighted by atomic mass is 10.1. The Morgan fingerprint density at radius 2 is 1.90 bits per heavy atom. The molecule has 0 heterocycles. The second-order valence-electron chi connectivity index (χ2n) is 6.88. The van der Waals surface area contributed by atoms with Crippen LogP contribution in [0.4, 0.5) is 0 Å². The molecule has 0 saturated carbocycles. The van der Waals surface area contributed by atoms with Gasteiger partial charge < -0.3 is 20.3 Å². The van der Waals surface area contributed by atoms with Gasteiger partial charge in [0.1, 0.15) is 5.75 Å². The molecule has 0 saturated heterocycles. The molecule has 2 N–H and O–H groups in total. The van der Waals surface area contributed by atoms with E-state index in [1.807, 2.05) is 57.3 Å². The van der Waals surface area contributed by atoms with Crippen molar-refractivity contribution < 1.29 is 9.53 Å². The average molecular weight is 397 g/mol. The molecule has 2 aromatic rings. The van der Waals surface area contributed by atoms with Crippen LogP contribution in [0.15, 0.2) is 53.5 Å². The van der Waals surface area contributed by atoms with Gasteiger partial charge in [-0.3, -0.25) is 9.79 Å². The summed E-state index contributed by atoms with van der Waals surface area (Å²) >= 11 is 0. The van der Waals surface area contributed by atoms with E-state index in [9.17, 15) is 4.79 Å². The highest BCUT2D eigenvalue weighted by molar-refractivity contribution is 5.81. The standard InChI is InChI=1S/C23H32N4O2/c1-5-29-21-15-18(2)11-12-20(21)16-26-23(24-3)25-14-13-22(28)27(4)17-19-9-7-6-8-10-19/h6-12,15H,5,13-14,16-17H2,1-4H3,(H2,24,25,26). The minimum Gasteiger partial charge on any atom is -0.494 e. The first kappa shape index (κ1) is 22.3. The number of hydrogen-bond acceptors (Lipinski definition) is 3. The largest absolute Gasteiger partial charge is 0.494 e. The lowest BCUT2D eigenvalue weighted by Crippen LogP contribution is -2.39. The predicted molar refractivity (Wildman–Crippen MR) is 118 cm³/mol. The fourth-order valence-electron chi connectivity index (χ4n) is 2.92. The Kier molecular flexibility index (Phi) is 9.02. The van der Waals surface area contributed by atoms with Gasteiger partial charge in [0.05, 0.1) is 6.61 Å². The summed E-state index contributed by atoms with van der Waals surface area (Å²) in [7, 11) is 3.55. The number of carbonyl (C=O) groups excluding carboxylic acids is 1. The Morgan fingerprint density at radius 3 is 2.59 bits per heavy atom. The van der Waals surface area contributed by atoms with Crippen molar-refractivity contribution in [3.05, 3.63) is 65.2 Å². The number of hydrogen-bond donors (Lipinski definition) is 2. The van der Waals surface area contributed by atoms with E-state index in [4.69, 9.17) is 4.74 Å². The van der Waals surface area contributed by atoms with Crippen molar-refractivity contribution in [3.8, 4) is 5.75 Å². The third-order valence-corrected chi connectivity index (χ3v) is 4.51. The number of aryl methyl sites for hydroxylation is 1. The van der Waals surface area contributed by atoms with Crippen molar-refractivity contribution in [2.75, 3.05) is 27.2 Å². The minimum absolute atomic E-state index is 0.0916. The van der Waals surface area contributed by atoms with Crippen molar-refractivity contribution in [3.63, 3.8) is 0 Å². The number of rotatable bonds is 9. The molecule has 0 fully saturated rings.